The Balaban J connectivity index is 1.28. The summed E-state index contributed by atoms with van der Waals surface area (Å²) in [4.78, 5) is 46.8. The van der Waals surface area contributed by atoms with Gasteiger partial charge in [-0.25, -0.2) is 4.98 Å². The van der Waals surface area contributed by atoms with Gasteiger partial charge in [-0.15, -0.1) is 0 Å². The Morgan fingerprint density at radius 3 is 2.36 bits per heavy atom. The lowest BCUT2D eigenvalue weighted by Gasteiger charge is -2.40. The molecule has 2 atom stereocenters. The number of Topliss-reactive ketones (excluding diaryl/α,β-unsaturated/α-hetero) is 1. The number of aryl methyl sites for hydroxylation is 1. The van der Waals surface area contributed by atoms with Crippen LogP contribution in [0.2, 0.25) is 5.02 Å². The molecule has 3 aliphatic rings. The van der Waals surface area contributed by atoms with Gasteiger partial charge in [-0.1, -0.05) is 38.4 Å². The molecular weight excluding hydrogens is 588 g/mol. The second kappa shape index (κ2) is 10.7. The van der Waals surface area contributed by atoms with Crippen molar-refractivity contribution in [2.45, 2.75) is 104 Å². The number of carboxylic acids is 1. The Morgan fingerprint density at radius 1 is 1.04 bits per heavy atom. The zero-order valence-electron chi connectivity index (χ0n) is 27.6. The molecule has 1 saturated heterocycles. The molecule has 1 N–H and O–H groups in total. The molecule has 0 bridgehead atoms. The van der Waals surface area contributed by atoms with Crippen LogP contribution >= 0.6 is 11.6 Å². The van der Waals surface area contributed by atoms with Gasteiger partial charge >= 0.3 is 5.97 Å². The third kappa shape index (κ3) is 5.49. The van der Waals surface area contributed by atoms with Crippen molar-refractivity contribution >= 4 is 40.4 Å². The number of carboxylic acid groups (broad SMARTS) is 1. The number of fused-ring (bicyclic) bond motifs is 2. The fourth-order valence-corrected chi connectivity index (χ4v) is 8.22. The Hall–Kier alpha value is -3.19. The number of hydrogen-bond donors (Lipinski definition) is 1. The lowest BCUT2D eigenvalue weighted by Crippen LogP contribution is -2.49. The highest BCUT2D eigenvalue weighted by molar-refractivity contribution is 6.31. The summed E-state index contributed by atoms with van der Waals surface area (Å²) in [5, 5.41) is 10.4. The number of hydrogen-bond acceptors (Lipinski definition) is 5. The first-order chi connectivity index (χ1) is 20.9. The second-order valence-corrected chi connectivity index (χ2v) is 16.3. The smallest absolute Gasteiger partial charge is 0.309 e. The molecule has 240 valence electrons. The quantitative estimate of drug-likeness (QED) is 0.302. The molecule has 7 nitrogen and oxygen atoms in total. The number of pyridine rings is 1. The van der Waals surface area contributed by atoms with E-state index in [0.29, 0.717) is 54.8 Å². The molecule has 2 aliphatic carbocycles. The van der Waals surface area contributed by atoms with E-state index in [2.05, 4.69) is 34.6 Å². The Morgan fingerprint density at radius 2 is 1.73 bits per heavy atom. The summed E-state index contributed by atoms with van der Waals surface area (Å²) in [6.07, 6.45) is 4.55. The maximum absolute atomic E-state index is 14.2. The Bertz CT molecular complexity index is 1710. The summed E-state index contributed by atoms with van der Waals surface area (Å²) in [5.74, 6) is -0.249. The van der Waals surface area contributed by atoms with Crippen LogP contribution in [0.4, 0.5) is 0 Å². The summed E-state index contributed by atoms with van der Waals surface area (Å²) >= 11 is 6.30. The Labute approximate surface area is 270 Å². The van der Waals surface area contributed by atoms with Crippen LogP contribution in [0.3, 0.4) is 0 Å². The summed E-state index contributed by atoms with van der Waals surface area (Å²) in [6, 6.07) is 9.68. The van der Waals surface area contributed by atoms with Crippen molar-refractivity contribution in [1.82, 2.24) is 9.88 Å². The zero-order chi connectivity index (χ0) is 32.7. The van der Waals surface area contributed by atoms with Crippen LogP contribution in [0.25, 0.3) is 22.4 Å². The largest absolute Gasteiger partial charge is 0.481 e. The molecule has 3 heterocycles. The van der Waals surface area contributed by atoms with E-state index in [1.165, 1.54) is 0 Å². The summed E-state index contributed by atoms with van der Waals surface area (Å²) in [7, 11) is 0. The third-order valence-corrected chi connectivity index (χ3v) is 11.5. The van der Waals surface area contributed by atoms with Gasteiger partial charge in [0.05, 0.1) is 11.1 Å². The molecule has 1 aromatic carbocycles. The number of aliphatic carboxylic acids is 1. The van der Waals surface area contributed by atoms with Gasteiger partial charge in [0.2, 0.25) is 0 Å². The summed E-state index contributed by atoms with van der Waals surface area (Å²) in [5.41, 5.74) is 2.96. The number of carbonyl (C=O) groups is 3. The Kier molecular flexibility index (Phi) is 7.54. The number of furan rings is 1. The van der Waals surface area contributed by atoms with E-state index in [1.54, 1.807) is 13.0 Å². The third-order valence-electron chi connectivity index (χ3n) is 11.1. The van der Waals surface area contributed by atoms with E-state index in [4.69, 9.17) is 21.0 Å². The topological polar surface area (TPSA) is 101 Å². The molecule has 6 rings (SSSR count). The van der Waals surface area contributed by atoms with Gasteiger partial charge in [-0.05, 0) is 108 Å². The molecule has 3 aromatic rings. The van der Waals surface area contributed by atoms with Crippen LogP contribution < -0.4 is 0 Å². The number of carbonyl (C=O) groups excluding carboxylic acids is 2. The molecule has 2 unspecified atom stereocenters. The van der Waals surface area contributed by atoms with Crippen molar-refractivity contribution in [1.29, 1.82) is 0 Å². The molecule has 8 heteroatoms. The van der Waals surface area contributed by atoms with E-state index in [-0.39, 0.29) is 34.7 Å². The SMILES string of the molecule is Cc1cc(-c2cc(C(C)(C)C)c3oc(C(=O)N4CCC5CC5(C(=O)C5CCC(C)(C(=O)O)CC5)CC4(C)C)cc3n2)ccc1Cl. The predicted molar refractivity (Wildman–Crippen MR) is 175 cm³/mol. The first-order valence-corrected chi connectivity index (χ1v) is 16.6. The first-order valence-electron chi connectivity index (χ1n) is 16.3. The van der Waals surface area contributed by atoms with Crippen molar-refractivity contribution in [2.75, 3.05) is 6.54 Å². The van der Waals surface area contributed by atoms with Gasteiger partial charge in [0.15, 0.2) is 11.3 Å². The zero-order valence-corrected chi connectivity index (χ0v) is 28.3. The minimum Gasteiger partial charge on any atom is -0.481 e. The average molecular weight is 633 g/mol. The summed E-state index contributed by atoms with van der Waals surface area (Å²) in [6.45, 7) is 14.8. The van der Waals surface area contributed by atoms with Crippen LogP contribution in [0.1, 0.15) is 108 Å². The normalized spacial score (nSPS) is 28.0. The van der Waals surface area contributed by atoms with Gasteiger partial charge in [0.1, 0.15) is 11.3 Å². The number of ketones is 1. The van der Waals surface area contributed by atoms with Crippen LogP contribution in [0.5, 0.6) is 0 Å². The lowest BCUT2D eigenvalue weighted by atomic mass is 9.67. The highest BCUT2D eigenvalue weighted by Crippen LogP contribution is 2.64. The fourth-order valence-electron chi connectivity index (χ4n) is 8.10. The molecule has 0 spiro atoms. The van der Waals surface area contributed by atoms with Gasteiger partial charge in [-0.3, -0.25) is 14.4 Å². The standard InChI is InChI=1S/C37H45ClN2O5/c1-21-16-23(8-9-26(21)38)27-17-25(34(2,3)4)30-28(39-27)18-29(45-30)32(42)40-15-12-24-19-37(24,20-35(40,5)6)31(41)22-10-13-36(7,14-11-22)33(43)44/h8-9,16-18,22,24H,10-15,19-20H2,1-7H3,(H,43,44). The van der Waals surface area contributed by atoms with Gasteiger partial charge < -0.3 is 14.4 Å². The first kappa shape index (κ1) is 31.8. The predicted octanol–water partition coefficient (Wildman–Crippen LogP) is 8.63. The van der Waals surface area contributed by atoms with E-state index in [9.17, 15) is 19.5 Å². The maximum atomic E-state index is 14.2. The van der Waals surface area contributed by atoms with Gasteiger partial charge in [0.25, 0.3) is 5.91 Å². The number of likely N-dealkylation sites (tertiary alicyclic amines) is 1. The molecule has 2 saturated carbocycles. The van der Waals surface area contributed by atoms with E-state index >= 15 is 0 Å². The van der Waals surface area contributed by atoms with Crippen molar-refractivity contribution in [3.63, 3.8) is 0 Å². The highest BCUT2D eigenvalue weighted by atomic mass is 35.5. The van der Waals surface area contributed by atoms with E-state index < -0.39 is 22.3 Å². The van der Waals surface area contributed by atoms with Crippen molar-refractivity contribution in [3.05, 3.63) is 52.2 Å². The molecular formula is C37H45ClN2O5. The highest BCUT2D eigenvalue weighted by Gasteiger charge is 2.64. The van der Waals surface area contributed by atoms with E-state index in [0.717, 1.165) is 35.2 Å². The summed E-state index contributed by atoms with van der Waals surface area (Å²) < 4.78 is 6.36. The average Bonchev–Trinajstić information content (AvgIpc) is 3.49. The molecule has 1 aliphatic heterocycles. The van der Waals surface area contributed by atoms with Crippen LogP contribution in [-0.4, -0.2) is 44.7 Å². The number of amides is 1. The van der Waals surface area contributed by atoms with Crippen LogP contribution in [0.15, 0.2) is 34.7 Å². The number of rotatable bonds is 5. The minimum absolute atomic E-state index is 0.101. The molecule has 0 radical (unpaired) electrons. The number of aromatic nitrogens is 1. The molecule has 45 heavy (non-hydrogen) atoms. The number of benzene rings is 1. The lowest BCUT2D eigenvalue weighted by molar-refractivity contribution is -0.151. The minimum atomic E-state index is -0.771. The fraction of sp³-hybridized carbons (Fsp3) is 0.568. The number of halogens is 1. The number of nitrogens with zero attached hydrogens (tertiary/aromatic N) is 2. The van der Waals surface area contributed by atoms with Crippen molar-refractivity contribution in [3.8, 4) is 11.3 Å². The van der Waals surface area contributed by atoms with Gasteiger partial charge in [0, 0.05) is 45.6 Å². The van der Waals surface area contributed by atoms with Crippen LogP contribution in [0, 0.1) is 29.6 Å². The molecule has 3 fully saturated rings. The molecule has 2 aromatic heterocycles. The van der Waals surface area contributed by atoms with Gasteiger partial charge in [-0.2, -0.15) is 0 Å². The second-order valence-electron chi connectivity index (χ2n) is 15.9. The van der Waals surface area contributed by atoms with Crippen molar-refractivity contribution < 1.29 is 23.9 Å². The maximum Gasteiger partial charge on any atom is 0.309 e. The monoisotopic (exact) mass is 632 g/mol. The molecule has 1 amide bonds. The van der Waals surface area contributed by atoms with Crippen LogP contribution in [-0.2, 0) is 15.0 Å². The van der Waals surface area contributed by atoms with E-state index in [1.807, 2.05) is 36.1 Å². The van der Waals surface area contributed by atoms with Crippen molar-refractivity contribution in [2.24, 2.45) is 22.7 Å².